The predicted molar refractivity (Wildman–Crippen MR) is 123 cm³/mol. The van der Waals surface area contributed by atoms with Gasteiger partial charge in [0.15, 0.2) is 0 Å². The van der Waals surface area contributed by atoms with Crippen LogP contribution in [0.4, 0.5) is 5.69 Å². The summed E-state index contributed by atoms with van der Waals surface area (Å²) in [5.41, 5.74) is 8.63. The molecule has 1 aromatic carbocycles. The topological polar surface area (TPSA) is 116 Å². The highest BCUT2D eigenvalue weighted by Crippen LogP contribution is 2.23. The van der Waals surface area contributed by atoms with Gasteiger partial charge in [-0.1, -0.05) is 6.07 Å². The molecule has 0 aliphatic heterocycles. The number of anilines is 1. The van der Waals surface area contributed by atoms with Gasteiger partial charge in [-0.25, -0.2) is 4.79 Å². The summed E-state index contributed by atoms with van der Waals surface area (Å²) in [5.74, 6) is -1.18. The Morgan fingerprint density at radius 2 is 1.82 bits per heavy atom. The summed E-state index contributed by atoms with van der Waals surface area (Å²) in [4.78, 5) is 42.6. The molecule has 4 rings (SSSR count). The van der Waals surface area contributed by atoms with E-state index in [0.29, 0.717) is 22.3 Å². The number of esters is 1. The molecule has 4 aromatic rings. The number of nitrogens with two attached hydrogens (primary N) is 1. The van der Waals surface area contributed by atoms with Crippen molar-refractivity contribution in [1.29, 1.82) is 0 Å². The molecule has 0 saturated carbocycles. The molecule has 33 heavy (non-hydrogen) atoms. The van der Waals surface area contributed by atoms with Crippen molar-refractivity contribution >= 4 is 28.9 Å². The van der Waals surface area contributed by atoms with E-state index in [9.17, 15) is 14.4 Å². The lowest BCUT2D eigenvalue weighted by Crippen LogP contribution is -2.23. The van der Waals surface area contributed by atoms with Crippen molar-refractivity contribution in [3.05, 3.63) is 101 Å². The second kappa shape index (κ2) is 9.35. The lowest BCUT2D eigenvalue weighted by Gasteiger charge is -2.08. The molecule has 166 valence electrons. The maximum Gasteiger partial charge on any atom is 0.340 e. The fourth-order valence-corrected chi connectivity index (χ4v) is 3.44. The molecular formula is C25H22N4O4. The summed E-state index contributed by atoms with van der Waals surface area (Å²) >= 11 is 0. The Hall–Kier alpha value is -4.46. The zero-order valence-corrected chi connectivity index (χ0v) is 17.9. The van der Waals surface area contributed by atoms with Gasteiger partial charge in [0, 0.05) is 29.2 Å². The number of hydrogen-bond acceptors (Lipinski definition) is 6. The van der Waals surface area contributed by atoms with Crippen LogP contribution in [-0.4, -0.2) is 33.7 Å². The summed E-state index contributed by atoms with van der Waals surface area (Å²) in [5, 5.41) is 2.81. The molecule has 0 atom stereocenters. The second-order valence-electron chi connectivity index (χ2n) is 7.29. The first-order valence-electron chi connectivity index (χ1n) is 10.4. The van der Waals surface area contributed by atoms with E-state index in [-0.39, 0.29) is 36.1 Å². The Morgan fingerprint density at radius 3 is 2.52 bits per heavy atom. The van der Waals surface area contributed by atoms with Gasteiger partial charge < -0.3 is 20.2 Å². The number of rotatable bonds is 7. The van der Waals surface area contributed by atoms with E-state index in [1.807, 2.05) is 12.1 Å². The van der Waals surface area contributed by atoms with Crippen LogP contribution in [0, 0.1) is 0 Å². The van der Waals surface area contributed by atoms with Crippen LogP contribution < -0.4 is 11.1 Å². The van der Waals surface area contributed by atoms with Crippen LogP contribution in [0.25, 0.3) is 5.52 Å². The number of ketones is 1. The van der Waals surface area contributed by atoms with Gasteiger partial charge >= 0.3 is 5.97 Å². The highest BCUT2D eigenvalue weighted by atomic mass is 16.5. The molecule has 0 unspecified atom stereocenters. The summed E-state index contributed by atoms with van der Waals surface area (Å²) in [6.07, 6.45) is 3.25. The number of pyridine rings is 2. The molecule has 1 amide bonds. The minimum atomic E-state index is -0.572. The summed E-state index contributed by atoms with van der Waals surface area (Å²) in [7, 11) is 0. The first kappa shape index (κ1) is 21.8. The number of fused-ring (bicyclic) bond motifs is 1. The van der Waals surface area contributed by atoms with Crippen LogP contribution in [0.15, 0.2) is 73.1 Å². The van der Waals surface area contributed by atoms with E-state index in [2.05, 4.69) is 10.3 Å². The molecule has 0 saturated heterocycles. The average Bonchev–Trinajstić information content (AvgIpc) is 3.22. The van der Waals surface area contributed by atoms with Crippen molar-refractivity contribution in [1.82, 2.24) is 14.7 Å². The molecule has 0 aliphatic carbocycles. The number of hydrogen-bond donors (Lipinski definition) is 2. The molecule has 8 nitrogen and oxygen atoms in total. The minimum Gasteiger partial charge on any atom is -0.462 e. The Bertz CT molecular complexity index is 1330. The van der Waals surface area contributed by atoms with Crippen molar-refractivity contribution in [2.75, 3.05) is 12.3 Å². The number of amides is 1. The Kier molecular flexibility index (Phi) is 6.17. The van der Waals surface area contributed by atoms with Gasteiger partial charge in [-0.3, -0.25) is 14.6 Å². The highest BCUT2D eigenvalue weighted by Gasteiger charge is 2.22. The third-order valence-corrected chi connectivity index (χ3v) is 5.09. The number of carbonyl (C=O) groups is 3. The molecule has 0 bridgehead atoms. The van der Waals surface area contributed by atoms with Crippen molar-refractivity contribution in [2.45, 2.75) is 13.5 Å². The van der Waals surface area contributed by atoms with E-state index in [1.54, 1.807) is 66.2 Å². The van der Waals surface area contributed by atoms with E-state index in [1.165, 1.54) is 6.07 Å². The van der Waals surface area contributed by atoms with Gasteiger partial charge in [0.05, 0.1) is 35.6 Å². The van der Waals surface area contributed by atoms with Gasteiger partial charge in [-0.2, -0.15) is 0 Å². The van der Waals surface area contributed by atoms with Crippen LogP contribution in [0.1, 0.15) is 49.4 Å². The fraction of sp³-hybridized carbons (Fsp3) is 0.120. The van der Waals surface area contributed by atoms with E-state index >= 15 is 0 Å². The molecule has 3 aromatic heterocycles. The van der Waals surface area contributed by atoms with E-state index in [0.717, 1.165) is 5.69 Å². The van der Waals surface area contributed by atoms with Crippen LogP contribution in [0.2, 0.25) is 0 Å². The smallest absolute Gasteiger partial charge is 0.340 e. The third-order valence-electron chi connectivity index (χ3n) is 5.09. The van der Waals surface area contributed by atoms with Crippen molar-refractivity contribution < 1.29 is 19.1 Å². The number of benzene rings is 1. The molecule has 3 N–H and O–H groups in total. The van der Waals surface area contributed by atoms with Gasteiger partial charge in [-0.05, 0) is 61.5 Å². The summed E-state index contributed by atoms with van der Waals surface area (Å²) in [6.45, 7) is 2.15. The van der Waals surface area contributed by atoms with Crippen molar-refractivity contribution in [3.8, 4) is 0 Å². The number of nitrogens with zero attached hydrogens (tertiary/aromatic N) is 2. The fourth-order valence-electron chi connectivity index (χ4n) is 3.44. The SMILES string of the molecule is CCOC(=O)c1cc(C(=O)c2ccc(N)cc2)n2ccc(C(=O)NCc3ccccn3)cc12. The monoisotopic (exact) mass is 442 g/mol. The zero-order valence-electron chi connectivity index (χ0n) is 17.9. The Morgan fingerprint density at radius 1 is 1.03 bits per heavy atom. The maximum atomic E-state index is 13.1. The van der Waals surface area contributed by atoms with Crippen LogP contribution in [0.5, 0.6) is 0 Å². The lowest BCUT2D eigenvalue weighted by molar-refractivity contribution is 0.0528. The number of nitrogen functional groups attached to an aromatic ring is 1. The first-order valence-corrected chi connectivity index (χ1v) is 10.4. The molecule has 0 aliphatic rings. The van der Waals surface area contributed by atoms with Crippen LogP contribution >= 0.6 is 0 Å². The molecule has 3 heterocycles. The van der Waals surface area contributed by atoms with Crippen LogP contribution in [0.3, 0.4) is 0 Å². The highest BCUT2D eigenvalue weighted by molar-refractivity contribution is 6.11. The molecule has 0 fully saturated rings. The number of aromatic nitrogens is 2. The Balaban J connectivity index is 1.70. The average molecular weight is 442 g/mol. The first-order chi connectivity index (χ1) is 16.0. The number of nitrogens with one attached hydrogen (secondary N) is 1. The van der Waals surface area contributed by atoms with E-state index in [4.69, 9.17) is 10.5 Å². The molecular weight excluding hydrogens is 420 g/mol. The normalized spacial score (nSPS) is 10.7. The summed E-state index contributed by atoms with van der Waals surface area (Å²) in [6, 6.07) is 16.6. The van der Waals surface area contributed by atoms with Crippen LogP contribution in [-0.2, 0) is 11.3 Å². The van der Waals surface area contributed by atoms with Gasteiger partial charge in [0.25, 0.3) is 5.91 Å². The summed E-state index contributed by atoms with van der Waals surface area (Å²) < 4.78 is 6.75. The van der Waals surface area contributed by atoms with Crippen molar-refractivity contribution in [3.63, 3.8) is 0 Å². The Labute approximate surface area is 190 Å². The standard InChI is InChI=1S/C25H22N4O4/c1-2-33-25(32)20-14-22(23(30)16-6-8-18(26)9-7-16)29-12-10-17(13-21(20)29)24(31)28-15-19-5-3-4-11-27-19/h3-14H,2,15,26H2,1H3,(H,28,31). The van der Waals surface area contributed by atoms with Crippen molar-refractivity contribution in [2.24, 2.45) is 0 Å². The maximum absolute atomic E-state index is 13.1. The minimum absolute atomic E-state index is 0.182. The predicted octanol–water partition coefficient (Wildman–Crippen LogP) is 3.25. The molecule has 0 radical (unpaired) electrons. The molecule has 0 spiro atoms. The van der Waals surface area contributed by atoms with E-state index < -0.39 is 5.97 Å². The quantitative estimate of drug-likeness (QED) is 0.258. The lowest BCUT2D eigenvalue weighted by atomic mass is 10.1. The zero-order chi connectivity index (χ0) is 23.4. The van der Waals surface area contributed by atoms with Gasteiger partial charge in [0.2, 0.25) is 5.78 Å². The third kappa shape index (κ3) is 4.59. The number of carbonyl (C=O) groups excluding carboxylic acids is 3. The number of ether oxygens (including phenoxy) is 1. The van der Waals surface area contributed by atoms with Gasteiger partial charge in [-0.15, -0.1) is 0 Å². The largest absolute Gasteiger partial charge is 0.462 e. The second-order valence-corrected chi connectivity index (χ2v) is 7.29. The molecule has 8 heteroatoms. The van der Waals surface area contributed by atoms with Gasteiger partial charge in [0.1, 0.15) is 0 Å².